The molecular formula is C40H67NO6. The first-order valence-corrected chi connectivity index (χ1v) is 19.2. The van der Waals surface area contributed by atoms with E-state index >= 15 is 0 Å². The normalized spacial score (nSPS) is 24.0. The number of ether oxygens (including phenoxy) is 3. The lowest BCUT2D eigenvalue weighted by atomic mass is 9.48. The maximum atomic E-state index is 12.7. The van der Waals surface area contributed by atoms with Gasteiger partial charge in [0.25, 0.3) is 0 Å². The molecule has 4 aliphatic carbocycles. The lowest BCUT2D eigenvalue weighted by Crippen LogP contribution is -2.45. The van der Waals surface area contributed by atoms with Gasteiger partial charge in [0.15, 0.2) is 0 Å². The molecule has 0 heterocycles. The quantitative estimate of drug-likeness (QED) is 0.0397. The highest BCUT2D eigenvalue weighted by molar-refractivity contribution is 5.71. The Morgan fingerprint density at radius 3 is 1.70 bits per heavy atom. The van der Waals surface area contributed by atoms with Gasteiger partial charge in [0.05, 0.1) is 12.5 Å². The highest BCUT2D eigenvalue weighted by Gasteiger charge is 2.50. The van der Waals surface area contributed by atoms with Crippen molar-refractivity contribution < 1.29 is 28.6 Å². The molecule has 0 radical (unpaired) electrons. The monoisotopic (exact) mass is 657 g/mol. The summed E-state index contributed by atoms with van der Waals surface area (Å²) in [7, 11) is 3.61. The fraction of sp³-hybridized carbons (Fsp3) is 0.825. The number of carbonyl (C=O) groups is 3. The molecule has 4 saturated carbocycles. The number of carbonyl (C=O) groups excluding carboxylic acids is 3. The third-order valence-electron chi connectivity index (χ3n) is 10.5. The Morgan fingerprint density at radius 1 is 0.660 bits per heavy atom. The molecule has 0 aromatic rings. The van der Waals surface area contributed by atoms with Crippen LogP contribution >= 0.6 is 0 Å². The van der Waals surface area contributed by atoms with Crippen molar-refractivity contribution in [3.05, 3.63) is 24.3 Å². The van der Waals surface area contributed by atoms with Crippen molar-refractivity contribution in [3.8, 4) is 0 Å². The molecule has 1 unspecified atom stereocenters. The molecule has 0 aliphatic heterocycles. The van der Waals surface area contributed by atoms with E-state index in [2.05, 4.69) is 31.2 Å². The molecule has 7 heteroatoms. The lowest BCUT2D eigenvalue weighted by Gasteiger charge is -2.57. The Labute approximate surface area is 286 Å². The number of hydrogen-bond donors (Lipinski definition) is 0. The molecule has 47 heavy (non-hydrogen) atoms. The highest BCUT2D eigenvalue weighted by atomic mass is 16.6. The standard InChI is InChI=1S/C40H67NO6/c1-4-5-6-7-8-9-10-11-12-13-14-15-16-17-18-20-37(42)45-30-36(32-47-39(44)29-41(2)3)31-46-38(43)21-19-22-40-26-33-23-34(27-40)25-35(24-33)28-40/h8-9,11-12,33-36H,4-7,10,13-32H2,1-3H3/b9-8-,12-11-. The van der Waals surface area contributed by atoms with Crippen LogP contribution in [0.4, 0.5) is 0 Å². The van der Waals surface area contributed by atoms with Crippen molar-refractivity contribution in [3.63, 3.8) is 0 Å². The van der Waals surface area contributed by atoms with Gasteiger partial charge in [-0.1, -0.05) is 63.3 Å². The number of hydrogen-bond acceptors (Lipinski definition) is 7. The van der Waals surface area contributed by atoms with Gasteiger partial charge in [-0.2, -0.15) is 0 Å². The van der Waals surface area contributed by atoms with Gasteiger partial charge in [-0.15, -0.1) is 0 Å². The third-order valence-corrected chi connectivity index (χ3v) is 10.5. The van der Waals surface area contributed by atoms with Crippen LogP contribution in [0.1, 0.15) is 142 Å². The minimum atomic E-state index is -0.373. The van der Waals surface area contributed by atoms with E-state index < -0.39 is 0 Å². The zero-order valence-corrected chi connectivity index (χ0v) is 30.2. The first kappa shape index (κ1) is 39.3. The molecule has 4 aliphatic rings. The predicted molar refractivity (Wildman–Crippen MR) is 189 cm³/mol. The molecular weight excluding hydrogens is 590 g/mol. The minimum Gasteiger partial charge on any atom is -0.465 e. The molecule has 0 saturated heterocycles. The number of nitrogens with zero attached hydrogens (tertiary/aromatic N) is 1. The van der Waals surface area contributed by atoms with Crippen LogP contribution in [-0.2, 0) is 28.6 Å². The van der Waals surface area contributed by atoms with Gasteiger partial charge in [0.2, 0.25) is 0 Å². The van der Waals surface area contributed by atoms with Gasteiger partial charge >= 0.3 is 17.9 Å². The van der Waals surface area contributed by atoms with Gasteiger partial charge < -0.3 is 14.2 Å². The highest BCUT2D eigenvalue weighted by Crippen LogP contribution is 2.61. The molecule has 4 bridgehead atoms. The topological polar surface area (TPSA) is 82.1 Å². The van der Waals surface area contributed by atoms with Gasteiger partial charge in [-0.3, -0.25) is 19.3 Å². The van der Waals surface area contributed by atoms with Crippen molar-refractivity contribution in [2.24, 2.45) is 29.1 Å². The second kappa shape index (κ2) is 22.5. The zero-order valence-electron chi connectivity index (χ0n) is 30.2. The Bertz CT molecular complexity index is 936. The van der Waals surface area contributed by atoms with Crippen LogP contribution in [-0.4, -0.2) is 63.3 Å². The van der Waals surface area contributed by atoms with E-state index in [9.17, 15) is 14.4 Å². The average molecular weight is 658 g/mol. The molecule has 268 valence electrons. The summed E-state index contributed by atoms with van der Waals surface area (Å²) < 4.78 is 16.6. The molecule has 0 aromatic heterocycles. The summed E-state index contributed by atoms with van der Waals surface area (Å²) in [6.45, 7) is 2.63. The molecule has 0 spiro atoms. The SMILES string of the molecule is CCCCC/C=C\C/C=C\CCCCCCCC(=O)OCC(COC(=O)CCCC12CC3CC(CC(C3)C1)C2)COC(=O)CN(C)C. The van der Waals surface area contributed by atoms with Crippen LogP contribution < -0.4 is 0 Å². The van der Waals surface area contributed by atoms with E-state index in [0.29, 0.717) is 18.3 Å². The van der Waals surface area contributed by atoms with Crippen molar-refractivity contribution >= 4 is 17.9 Å². The van der Waals surface area contributed by atoms with Crippen LogP contribution in [0.25, 0.3) is 0 Å². The van der Waals surface area contributed by atoms with Crippen molar-refractivity contribution in [1.29, 1.82) is 0 Å². The van der Waals surface area contributed by atoms with E-state index in [1.807, 2.05) is 0 Å². The molecule has 4 rings (SSSR count). The van der Waals surface area contributed by atoms with E-state index in [4.69, 9.17) is 14.2 Å². The summed E-state index contributed by atoms with van der Waals surface area (Å²) in [6, 6.07) is 0. The molecule has 0 N–H and O–H groups in total. The Morgan fingerprint density at radius 2 is 1.15 bits per heavy atom. The van der Waals surface area contributed by atoms with Gasteiger partial charge in [-0.05, 0) is 127 Å². The van der Waals surface area contributed by atoms with Gasteiger partial charge in [0.1, 0.15) is 19.8 Å². The zero-order chi connectivity index (χ0) is 33.7. The number of esters is 3. The lowest BCUT2D eigenvalue weighted by molar-refractivity contribution is -0.153. The van der Waals surface area contributed by atoms with Crippen molar-refractivity contribution in [1.82, 2.24) is 4.90 Å². The van der Waals surface area contributed by atoms with E-state index in [1.54, 1.807) is 19.0 Å². The first-order chi connectivity index (χ1) is 22.8. The summed E-state index contributed by atoms with van der Waals surface area (Å²) in [6.07, 6.45) is 32.7. The maximum Gasteiger partial charge on any atom is 0.320 e. The van der Waals surface area contributed by atoms with E-state index in [0.717, 1.165) is 62.7 Å². The van der Waals surface area contributed by atoms with Crippen LogP contribution in [0.3, 0.4) is 0 Å². The van der Waals surface area contributed by atoms with E-state index in [1.165, 1.54) is 77.0 Å². The number of unbranched alkanes of at least 4 members (excludes halogenated alkanes) is 8. The molecule has 4 fully saturated rings. The van der Waals surface area contributed by atoms with Crippen LogP contribution in [0.2, 0.25) is 0 Å². The summed E-state index contributed by atoms with van der Waals surface area (Å²) in [5, 5.41) is 0. The summed E-state index contributed by atoms with van der Waals surface area (Å²) in [5.41, 5.74) is 0.467. The van der Waals surface area contributed by atoms with Gasteiger partial charge in [-0.25, -0.2) is 0 Å². The van der Waals surface area contributed by atoms with Crippen LogP contribution in [0, 0.1) is 29.1 Å². The molecule has 7 nitrogen and oxygen atoms in total. The maximum absolute atomic E-state index is 12.7. The summed E-state index contributed by atoms with van der Waals surface area (Å²) in [5.74, 6) is 1.57. The predicted octanol–water partition coefficient (Wildman–Crippen LogP) is 8.99. The number of rotatable bonds is 26. The van der Waals surface area contributed by atoms with Crippen LogP contribution in [0.5, 0.6) is 0 Å². The Balaban J connectivity index is 1.25. The number of likely N-dealkylation sites (N-methyl/N-ethyl adjacent to an activating group) is 1. The average Bonchev–Trinajstić information content (AvgIpc) is 3.01. The summed E-state index contributed by atoms with van der Waals surface area (Å²) >= 11 is 0. The van der Waals surface area contributed by atoms with E-state index in [-0.39, 0.29) is 50.2 Å². The van der Waals surface area contributed by atoms with Gasteiger partial charge in [0, 0.05) is 12.8 Å². The largest absolute Gasteiger partial charge is 0.465 e. The second-order valence-corrected chi connectivity index (χ2v) is 15.4. The molecule has 0 amide bonds. The van der Waals surface area contributed by atoms with Crippen LogP contribution in [0.15, 0.2) is 24.3 Å². The number of allylic oxidation sites excluding steroid dienone is 4. The summed E-state index contributed by atoms with van der Waals surface area (Å²) in [4.78, 5) is 39.0. The smallest absolute Gasteiger partial charge is 0.320 e. The molecule has 0 aromatic carbocycles. The first-order valence-electron chi connectivity index (χ1n) is 19.2. The Kier molecular flexibility index (Phi) is 18.8. The minimum absolute atomic E-state index is 0.0597. The second-order valence-electron chi connectivity index (χ2n) is 15.4. The fourth-order valence-electron chi connectivity index (χ4n) is 8.51. The third kappa shape index (κ3) is 16.7. The van der Waals surface area contributed by atoms with Crippen molar-refractivity contribution in [2.45, 2.75) is 142 Å². The molecule has 1 atom stereocenters. The fourth-order valence-corrected chi connectivity index (χ4v) is 8.51. The van der Waals surface area contributed by atoms with Crippen molar-refractivity contribution in [2.75, 3.05) is 40.5 Å². The Hall–Kier alpha value is -2.15.